The monoisotopic (exact) mass is 379 g/mol. The van der Waals surface area contributed by atoms with E-state index in [9.17, 15) is 13.2 Å². The van der Waals surface area contributed by atoms with Gasteiger partial charge in [-0.05, 0) is 51.0 Å². The number of aryl methyl sites for hydroxylation is 2. The van der Waals surface area contributed by atoms with Gasteiger partial charge in [0.1, 0.15) is 0 Å². The molecule has 8 heteroatoms. The predicted octanol–water partition coefficient (Wildman–Crippen LogP) is 2.41. The number of nitrogens with zero attached hydrogens (tertiary/aromatic N) is 2. The largest absolute Gasteiger partial charge is 0.312 e. The van der Waals surface area contributed by atoms with Crippen molar-refractivity contribution in [2.45, 2.75) is 38.0 Å². The summed E-state index contributed by atoms with van der Waals surface area (Å²) >= 11 is 1.59. The summed E-state index contributed by atoms with van der Waals surface area (Å²) in [6.45, 7) is 4.90. The number of amides is 1. The summed E-state index contributed by atoms with van der Waals surface area (Å²) in [5.41, 5.74) is 1.71. The topological polar surface area (TPSA) is 79.4 Å². The molecule has 1 aromatic heterocycles. The molecule has 0 aliphatic carbocycles. The Morgan fingerprint density at radius 2 is 1.96 bits per heavy atom. The van der Waals surface area contributed by atoms with Gasteiger partial charge in [-0.15, -0.1) is 11.3 Å². The van der Waals surface area contributed by atoms with Gasteiger partial charge in [-0.2, -0.15) is 0 Å². The quantitative estimate of drug-likeness (QED) is 0.836. The van der Waals surface area contributed by atoms with Gasteiger partial charge >= 0.3 is 0 Å². The summed E-state index contributed by atoms with van der Waals surface area (Å²) in [6, 6.07) is 6.47. The summed E-state index contributed by atoms with van der Waals surface area (Å²) in [5, 5.41) is 0.988. The molecule has 0 saturated carbocycles. The maximum atomic E-state index is 12.4. The van der Waals surface area contributed by atoms with Crippen molar-refractivity contribution in [1.82, 2.24) is 9.71 Å². The highest BCUT2D eigenvalue weighted by Gasteiger charge is 2.22. The van der Waals surface area contributed by atoms with Gasteiger partial charge in [-0.3, -0.25) is 4.79 Å². The Bertz CT molecular complexity index is 873. The van der Waals surface area contributed by atoms with Crippen LogP contribution in [0.2, 0.25) is 0 Å². The first-order valence-corrected chi connectivity index (χ1v) is 10.5. The first-order valence-electron chi connectivity index (χ1n) is 8.20. The van der Waals surface area contributed by atoms with E-state index >= 15 is 0 Å². The molecule has 6 nitrogen and oxygen atoms in total. The number of aromatic nitrogens is 1. The number of carbonyl (C=O) groups excluding carboxylic acids is 1. The van der Waals surface area contributed by atoms with Gasteiger partial charge in [-0.1, -0.05) is 0 Å². The highest BCUT2D eigenvalue weighted by Crippen LogP contribution is 2.23. The van der Waals surface area contributed by atoms with E-state index in [1.165, 1.54) is 0 Å². The number of anilines is 1. The number of benzene rings is 1. The fraction of sp³-hybridized carbons (Fsp3) is 0.412. The molecule has 0 atom stereocenters. The number of nitrogens with one attached hydrogen (secondary N) is 1. The normalized spacial score (nSPS) is 15.1. The van der Waals surface area contributed by atoms with Crippen LogP contribution in [0.3, 0.4) is 0 Å². The van der Waals surface area contributed by atoms with E-state index in [0.29, 0.717) is 25.9 Å². The number of thiazole rings is 1. The molecule has 0 bridgehead atoms. The lowest BCUT2D eigenvalue weighted by Gasteiger charge is -2.16. The van der Waals surface area contributed by atoms with Crippen molar-refractivity contribution in [1.29, 1.82) is 0 Å². The molecule has 1 aliphatic rings. The van der Waals surface area contributed by atoms with Crippen molar-refractivity contribution in [2.75, 3.05) is 18.0 Å². The summed E-state index contributed by atoms with van der Waals surface area (Å²) in [5.74, 6) is 0.0870. The SMILES string of the molecule is Cc1nc(C)c(CCNS(=O)(=O)c2ccc(N3CCCC3=O)cc2)s1. The van der Waals surface area contributed by atoms with Crippen LogP contribution in [0, 0.1) is 13.8 Å². The van der Waals surface area contributed by atoms with Crippen LogP contribution in [0.15, 0.2) is 29.2 Å². The Labute approximate surface area is 151 Å². The number of rotatable bonds is 6. The zero-order valence-electron chi connectivity index (χ0n) is 14.3. The fourth-order valence-electron chi connectivity index (χ4n) is 2.91. The minimum Gasteiger partial charge on any atom is -0.312 e. The molecule has 1 aromatic carbocycles. The molecule has 0 unspecified atom stereocenters. The number of hydrogen-bond donors (Lipinski definition) is 1. The maximum absolute atomic E-state index is 12.4. The van der Waals surface area contributed by atoms with E-state index in [0.717, 1.165) is 27.7 Å². The van der Waals surface area contributed by atoms with Crippen LogP contribution in [-0.4, -0.2) is 32.4 Å². The summed E-state index contributed by atoms with van der Waals surface area (Å²) in [7, 11) is -3.56. The van der Waals surface area contributed by atoms with Crippen LogP contribution < -0.4 is 9.62 Å². The first-order chi connectivity index (χ1) is 11.9. The molecule has 1 saturated heterocycles. The summed E-state index contributed by atoms with van der Waals surface area (Å²) in [4.78, 5) is 19.1. The average Bonchev–Trinajstić information content (AvgIpc) is 3.13. The molecule has 3 rings (SSSR count). The van der Waals surface area contributed by atoms with E-state index < -0.39 is 10.0 Å². The Morgan fingerprint density at radius 3 is 2.52 bits per heavy atom. The van der Waals surface area contributed by atoms with Gasteiger partial charge in [0.05, 0.1) is 15.6 Å². The van der Waals surface area contributed by atoms with Crippen LogP contribution in [0.1, 0.15) is 28.4 Å². The average molecular weight is 380 g/mol. The smallest absolute Gasteiger partial charge is 0.240 e. The molecule has 1 amide bonds. The Hall–Kier alpha value is -1.77. The molecule has 2 aromatic rings. The lowest BCUT2D eigenvalue weighted by molar-refractivity contribution is -0.117. The van der Waals surface area contributed by atoms with E-state index in [2.05, 4.69) is 9.71 Å². The zero-order chi connectivity index (χ0) is 18.0. The van der Waals surface area contributed by atoms with Crippen molar-refractivity contribution in [3.8, 4) is 0 Å². The van der Waals surface area contributed by atoms with Crippen LogP contribution in [-0.2, 0) is 21.2 Å². The minimum absolute atomic E-state index is 0.0870. The molecule has 25 heavy (non-hydrogen) atoms. The van der Waals surface area contributed by atoms with Crippen LogP contribution >= 0.6 is 11.3 Å². The van der Waals surface area contributed by atoms with E-state index in [1.807, 2.05) is 13.8 Å². The lowest BCUT2D eigenvalue weighted by Crippen LogP contribution is -2.26. The van der Waals surface area contributed by atoms with Gasteiger partial charge in [-0.25, -0.2) is 18.1 Å². The second-order valence-corrected chi connectivity index (χ2v) is 9.09. The van der Waals surface area contributed by atoms with E-state index in [1.54, 1.807) is 40.5 Å². The predicted molar refractivity (Wildman–Crippen MR) is 98.5 cm³/mol. The molecule has 2 heterocycles. The van der Waals surface area contributed by atoms with Gasteiger partial charge in [0.25, 0.3) is 0 Å². The van der Waals surface area contributed by atoms with Gasteiger partial charge in [0.15, 0.2) is 0 Å². The fourth-order valence-corrected chi connectivity index (χ4v) is 4.88. The van der Waals surface area contributed by atoms with Crippen LogP contribution in [0.25, 0.3) is 0 Å². The van der Waals surface area contributed by atoms with Crippen LogP contribution in [0.4, 0.5) is 5.69 Å². The second-order valence-electron chi connectivity index (χ2n) is 6.03. The molecule has 1 fully saturated rings. The van der Waals surface area contributed by atoms with Crippen molar-refractivity contribution < 1.29 is 13.2 Å². The molecule has 1 aliphatic heterocycles. The van der Waals surface area contributed by atoms with Crippen LogP contribution in [0.5, 0.6) is 0 Å². The third kappa shape index (κ3) is 4.08. The Kier molecular flexibility index (Phi) is 5.21. The first kappa shape index (κ1) is 18.0. The summed E-state index contributed by atoms with van der Waals surface area (Å²) < 4.78 is 27.4. The zero-order valence-corrected chi connectivity index (χ0v) is 15.9. The molecule has 0 spiro atoms. The number of carbonyl (C=O) groups is 1. The molecular weight excluding hydrogens is 358 g/mol. The van der Waals surface area contributed by atoms with E-state index in [4.69, 9.17) is 0 Å². The van der Waals surface area contributed by atoms with Crippen molar-refractivity contribution in [3.63, 3.8) is 0 Å². The van der Waals surface area contributed by atoms with Gasteiger partial charge < -0.3 is 4.90 Å². The highest BCUT2D eigenvalue weighted by molar-refractivity contribution is 7.89. The van der Waals surface area contributed by atoms with Gasteiger partial charge in [0.2, 0.25) is 15.9 Å². The maximum Gasteiger partial charge on any atom is 0.240 e. The number of hydrogen-bond acceptors (Lipinski definition) is 5. The highest BCUT2D eigenvalue weighted by atomic mass is 32.2. The third-order valence-electron chi connectivity index (χ3n) is 4.18. The van der Waals surface area contributed by atoms with Gasteiger partial charge in [0, 0.05) is 30.1 Å². The Morgan fingerprint density at radius 1 is 1.24 bits per heavy atom. The van der Waals surface area contributed by atoms with Crippen molar-refractivity contribution in [2.24, 2.45) is 0 Å². The molecule has 0 radical (unpaired) electrons. The second kappa shape index (κ2) is 7.23. The van der Waals surface area contributed by atoms with Crippen molar-refractivity contribution >= 4 is 33.0 Å². The van der Waals surface area contributed by atoms with E-state index in [-0.39, 0.29) is 10.8 Å². The minimum atomic E-state index is -3.56. The van der Waals surface area contributed by atoms with Crippen molar-refractivity contribution in [3.05, 3.63) is 39.8 Å². The standard InChI is InChI=1S/C17H21N3O3S2/c1-12-16(24-13(2)19-12)9-10-18-25(22,23)15-7-5-14(6-8-15)20-11-3-4-17(20)21/h5-8,18H,3-4,9-11H2,1-2H3. The Balaban J connectivity index is 1.63. The number of sulfonamides is 1. The third-order valence-corrected chi connectivity index (χ3v) is 6.79. The molecule has 1 N–H and O–H groups in total. The molecular formula is C17H21N3O3S2. The summed E-state index contributed by atoms with van der Waals surface area (Å²) in [6.07, 6.45) is 2.02. The molecule has 134 valence electrons. The lowest BCUT2D eigenvalue weighted by atomic mass is 10.3.